The SMILES string of the molecule is CCS(=O)(=O)c1ccc(C(=O)NCC#N)cc1. The van der Waals surface area contributed by atoms with E-state index in [2.05, 4.69) is 5.32 Å². The summed E-state index contributed by atoms with van der Waals surface area (Å²) in [6, 6.07) is 7.42. The van der Waals surface area contributed by atoms with Gasteiger partial charge in [-0.05, 0) is 24.3 Å². The molecule has 0 fully saturated rings. The first kappa shape index (κ1) is 13.2. The van der Waals surface area contributed by atoms with Crippen LogP contribution in [0.3, 0.4) is 0 Å². The highest BCUT2D eigenvalue weighted by atomic mass is 32.2. The number of benzene rings is 1. The van der Waals surface area contributed by atoms with Gasteiger partial charge in [-0.2, -0.15) is 5.26 Å². The Kier molecular flexibility index (Phi) is 4.24. The average Bonchev–Trinajstić information content (AvgIpc) is 2.36. The summed E-state index contributed by atoms with van der Waals surface area (Å²) in [6.07, 6.45) is 0. The molecule has 0 aliphatic carbocycles. The van der Waals surface area contributed by atoms with Gasteiger partial charge in [0.15, 0.2) is 9.84 Å². The molecule has 17 heavy (non-hydrogen) atoms. The minimum absolute atomic E-state index is 0.0208. The van der Waals surface area contributed by atoms with E-state index in [4.69, 9.17) is 5.26 Å². The highest BCUT2D eigenvalue weighted by molar-refractivity contribution is 7.91. The quantitative estimate of drug-likeness (QED) is 0.800. The lowest BCUT2D eigenvalue weighted by molar-refractivity contribution is 0.0958. The lowest BCUT2D eigenvalue weighted by atomic mass is 10.2. The Morgan fingerprint density at radius 2 is 1.94 bits per heavy atom. The van der Waals surface area contributed by atoms with E-state index < -0.39 is 15.7 Å². The molecular formula is C11H12N2O3S. The van der Waals surface area contributed by atoms with Crippen molar-refractivity contribution < 1.29 is 13.2 Å². The van der Waals surface area contributed by atoms with Crippen molar-refractivity contribution in [3.05, 3.63) is 29.8 Å². The van der Waals surface area contributed by atoms with Crippen LogP contribution in [0.1, 0.15) is 17.3 Å². The molecular weight excluding hydrogens is 240 g/mol. The summed E-state index contributed by atoms with van der Waals surface area (Å²) in [5.74, 6) is -0.375. The van der Waals surface area contributed by atoms with Gasteiger partial charge in [0.05, 0.1) is 16.7 Å². The van der Waals surface area contributed by atoms with Crippen molar-refractivity contribution in [3.8, 4) is 6.07 Å². The number of hydrogen-bond acceptors (Lipinski definition) is 4. The molecule has 0 saturated heterocycles. The monoisotopic (exact) mass is 252 g/mol. The third-order valence-corrected chi connectivity index (χ3v) is 3.93. The number of hydrogen-bond donors (Lipinski definition) is 1. The molecule has 0 atom stereocenters. The first-order valence-corrected chi connectivity index (χ1v) is 6.64. The molecule has 0 aliphatic rings. The van der Waals surface area contributed by atoms with E-state index >= 15 is 0 Å². The molecule has 0 bridgehead atoms. The second-order valence-electron chi connectivity index (χ2n) is 3.27. The van der Waals surface area contributed by atoms with Crippen molar-refractivity contribution in [3.63, 3.8) is 0 Å². The molecule has 1 rings (SSSR count). The maximum absolute atomic E-state index is 11.5. The van der Waals surface area contributed by atoms with Gasteiger partial charge >= 0.3 is 0 Å². The number of nitrogens with one attached hydrogen (secondary N) is 1. The van der Waals surface area contributed by atoms with Gasteiger partial charge in [-0.3, -0.25) is 4.79 Å². The topological polar surface area (TPSA) is 87.0 Å². The van der Waals surface area contributed by atoms with Crippen LogP contribution in [-0.2, 0) is 9.84 Å². The van der Waals surface area contributed by atoms with Gasteiger partial charge in [0, 0.05) is 5.56 Å². The fourth-order valence-electron chi connectivity index (χ4n) is 1.20. The normalized spacial score (nSPS) is 10.6. The maximum Gasteiger partial charge on any atom is 0.252 e. The fraction of sp³-hybridized carbons (Fsp3) is 0.273. The zero-order valence-corrected chi connectivity index (χ0v) is 10.1. The highest BCUT2D eigenvalue weighted by Gasteiger charge is 2.12. The minimum atomic E-state index is -3.24. The van der Waals surface area contributed by atoms with Crippen molar-refractivity contribution in [1.82, 2.24) is 5.32 Å². The summed E-state index contributed by atoms with van der Waals surface area (Å²) in [5.41, 5.74) is 0.329. The van der Waals surface area contributed by atoms with Crippen LogP contribution in [0.25, 0.3) is 0 Å². The van der Waals surface area contributed by atoms with Gasteiger partial charge in [-0.1, -0.05) is 6.92 Å². The Hall–Kier alpha value is -1.87. The zero-order valence-electron chi connectivity index (χ0n) is 9.30. The molecule has 1 aromatic rings. The fourth-order valence-corrected chi connectivity index (χ4v) is 2.09. The second-order valence-corrected chi connectivity index (χ2v) is 5.55. The summed E-state index contributed by atoms with van der Waals surface area (Å²) in [6.45, 7) is 1.48. The van der Waals surface area contributed by atoms with Crippen LogP contribution in [0.15, 0.2) is 29.2 Å². The molecule has 0 aromatic heterocycles. The largest absolute Gasteiger partial charge is 0.339 e. The Morgan fingerprint density at radius 1 is 1.35 bits per heavy atom. The van der Waals surface area contributed by atoms with Gasteiger partial charge in [-0.25, -0.2) is 8.42 Å². The molecule has 0 heterocycles. The lowest BCUT2D eigenvalue weighted by Crippen LogP contribution is -2.23. The smallest absolute Gasteiger partial charge is 0.252 e. The van der Waals surface area contributed by atoms with Crippen LogP contribution in [-0.4, -0.2) is 26.6 Å². The Bertz CT molecular complexity index is 541. The predicted octanol–water partition coefficient (Wildman–Crippen LogP) is 0.734. The predicted molar refractivity (Wildman–Crippen MR) is 62.1 cm³/mol. The summed E-state index contributed by atoms with van der Waals surface area (Å²) >= 11 is 0. The molecule has 90 valence electrons. The van der Waals surface area contributed by atoms with E-state index in [1.807, 2.05) is 0 Å². The lowest BCUT2D eigenvalue weighted by Gasteiger charge is -2.03. The third-order valence-electron chi connectivity index (χ3n) is 2.18. The number of amides is 1. The molecule has 6 heteroatoms. The Balaban J connectivity index is 2.90. The van der Waals surface area contributed by atoms with E-state index in [0.29, 0.717) is 5.56 Å². The van der Waals surface area contributed by atoms with Crippen LogP contribution >= 0.6 is 0 Å². The van der Waals surface area contributed by atoms with E-state index in [9.17, 15) is 13.2 Å². The molecule has 5 nitrogen and oxygen atoms in total. The van der Waals surface area contributed by atoms with Crippen LogP contribution in [0.4, 0.5) is 0 Å². The number of carbonyl (C=O) groups excluding carboxylic acids is 1. The number of sulfone groups is 1. The number of nitrogens with zero attached hydrogens (tertiary/aromatic N) is 1. The van der Waals surface area contributed by atoms with Crippen LogP contribution in [0, 0.1) is 11.3 Å². The molecule has 0 unspecified atom stereocenters. The van der Waals surface area contributed by atoms with Gasteiger partial charge in [0.25, 0.3) is 5.91 Å². The number of nitriles is 1. The Labute approximate surface area is 100.0 Å². The molecule has 0 spiro atoms. The minimum Gasteiger partial charge on any atom is -0.339 e. The van der Waals surface area contributed by atoms with Crippen LogP contribution in [0.2, 0.25) is 0 Å². The molecule has 0 saturated carbocycles. The third kappa shape index (κ3) is 3.29. The van der Waals surface area contributed by atoms with Crippen molar-refractivity contribution >= 4 is 15.7 Å². The molecule has 1 aromatic carbocycles. The van der Waals surface area contributed by atoms with Crippen LogP contribution in [0.5, 0.6) is 0 Å². The first-order valence-electron chi connectivity index (χ1n) is 4.99. The highest BCUT2D eigenvalue weighted by Crippen LogP contribution is 2.12. The standard InChI is InChI=1S/C11H12N2O3S/c1-2-17(15,16)10-5-3-9(4-6-10)11(14)13-8-7-12/h3-6H,2,8H2,1H3,(H,13,14). The summed E-state index contributed by atoms with van der Waals surface area (Å²) in [4.78, 5) is 11.6. The summed E-state index contributed by atoms with van der Waals surface area (Å²) < 4.78 is 23.0. The molecule has 0 aliphatic heterocycles. The van der Waals surface area contributed by atoms with Gasteiger partial charge < -0.3 is 5.32 Å². The average molecular weight is 252 g/mol. The van der Waals surface area contributed by atoms with Gasteiger partial charge in [0.1, 0.15) is 6.54 Å². The van der Waals surface area contributed by atoms with Gasteiger partial charge in [-0.15, -0.1) is 0 Å². The summed E-state index contributed by atoms with van der Waals surface area (Å²) in [7, 11) is -3.24. The van der Waals surface area contributed by atoms with Crippen LogP contribution < -0.4 is 5.32 Å². The number of carbonyl (C=O) groups is 1. The number of rotatable bonds is 4. The van der Waals surface area contributed by atoms with Crippen molar-refractivity contribution in [2.45, 2.75) is 11.8 Å². The maximum atomic E-state index is 11.5. The second kappa shape index (κ2) is 5.46. The van der Waals surface area contributed by atoms with E-state index in [1.165, 1.54) is 24.3 Å². The first-order chi connectivity index (χ1) is 8.01. The molecule has 0 radical (unpaired) electrons. The van der Waals surface area contributed by atoms with E-state index in [1.54, 1.807) is 13.0 Å². The van der Waals surface area contributed by atoms with Crippen molar-refractivity contribution in [1.29, 1.82) is 5.26 Å². The van der Waals surface area contributed by atoms with Crippen molar-refractivity contribution in [2.75, 3.05) is 12.3 Å². The van der Waals surface area contributed by atoms with E-state index in [0.717, 1.165) is 0 Å². The van der Waals surface area contributed by atoms with Gasteiger partial charge in [0.2, 0.25) is 0 Å². The zero-order chi connectivity index (χ0) is 12.9. The molecule has 1 N–H and O–H groups in total. The van der Waals surface area contributed by atoms with Crippen molar-refractivity contribution in [2.24, 2.45) is 0 Å². The summed E-state index contributed by atoms with van der Waals surface area (Å²) in [5, 5.41) is 10.7. The molecule has 1 amide bonds. The Morgan fingerprint density at radius 3 is 2.41 bits per heavy atom. The van der Waals surface area contributed by atoms with E-state index in [-0.39, 0.29) is 17.2 Å².